The number of para-hydroxylation sites is 1. The number of halogens is 1. The molecule has 6 heteroatoms. The molecule has 1 aromatic heterocycles. The van der Waals surface area contributed by atoms with Gasteiger partial charge in [0.25, 0.3) is 0 Å². The molecule has 0 aliphatic rings. The lowest BCUT2D eigenvalue weighted by atomic mass is 10.2. The maximum absolute atomic E-state index is 9.31. The molecule has 0 unspecified atom stereocenters. The molecule has 19 heavy (non-hydrogen) atoms. The summed E-state index contributed by atoms with van der Waals surface area (Å²) in [6.45, 7) is 4.32. The van der Waals surface area contributed by atoms with Gasteiger partial charge in [0, 0.05) is 11.6 Å². The van der Waals surface area contributed by atoms with Crippen LogP contribution in [0.5, 0.6) is 5.75 Å². The van der Waals surface area contributed by atoms with E-state index >= 15 is 0 Å². The molecule has 2 aromatic rings. The second kappa shape index (κ2) is 6.16. The summed E-state index contributed by atoms with van der Waals surface area (Å²) in [6.07, 6.45) is 1.52. The molecule has 0 bridgehead atoms. The van der Waals surface area contributed by atoms with Crippen LogP contribution < -0.4 is 4.74 Å². The van der Waals surface area contributed by atoms with E-state index in [4.69, 9.17) is 4.74 Å². The zero-order valence-electron chi connectivity index (χ0n) is 10.9. The van der Waals surface area contributed by atoms with E-state index in [0.29, 0.717) is 12.4 Å². The molecule has 0 aliphatic carbocycles. The molecular formula is C13H16BrN3O2. The van der Waals surface area contributed by atoms with E-state index in [0.717, 1.165) is 15.9 Å². The van der Waals surface area contributed by atoms with Crippen molar-refractivity contribution in [2.45, 2.75) is 33.1 Å². The van der Waals surface area contributed by atoms with Gasteiger partial charge < -0.3 is 9.84 Å². The Hall–Kier alpha value is -1.40. The fraction of sp³-hybridized carbons (Fsp3) is 0.385. The van der Waals surface area contributed by atoms with Crippen LogP contribution in [0.4, 0.5) is 0 Å². The number of ether oxygens (including phenoxy) is 1. The van der Waals surface area contributed by atoms with Crippen LogP contribution in [0.3, 0.4) is 0 Å². The number of aliphatic hydroxyl groups is 1. The Balaban J connectivity index is 2.17. The van der Waals surface area contributed by atoms with Gasteiger partial charge in [-0.05, 0) is 35.8 Å². The third-order valence-electron chi connectivity index (χ3n) is 2.70. The Labute approximate surface area is 120 Å². The molecule has 2 rings (SSSR count). The number of hydrogen-bond donors (Lipinski definition) is 1. The highest BCUT2D eigenvalue weighted by atomic mass is 79.9. The number of rotatable bonds is 5. The Morgan fingerprint density at radius 3 is 2.89 bits per heavy atom. The van der Waals surface area contributed by atoms with Crippen molar-refractivity contribution in [3.63, 3.8) is 0 Å². The average molecular weight is 326 g/mol. The maximum Gasteiger partial charge on any atom is 0.165 e. The van der Waals surface area contributed by atoms with Crippen molar-refractivity contribution in [3.8, 4) is 5.75 Å². The molecule has 0 saturated heterocycles. The molecule has 0 spiro atoms. The highest BCUT2D eigenvalue weighted by Crippen LogP contribution is 2.29. The van der Waals surface area contributed by atoms with Crippen LogP contribution in [-0.4, -0.2) is 19.9 Å². The van der Waals surface area contributed by atoms with E-state index in [1.54, 1.807) is 0 Å². The first-order valence-corrected chi connectivity index (χ1v) is 6.82. The number of benzene rings is 1. The first kappa shape index (κ1) is 14.0. The Morgan fingerprint density at radius 2 is 2.21 bits per heavy atom. The third kappa shape index (κ3) is 3.13. The minimum absolute atomic E-state index is 0.0638. The van der Waals surface area contributed by atoms with Gasteiger partial charge >= 0.3 is 0 Å². The molecule has 1 N–H and O–H groups in total. The fourth-order valence-corrected chi connectivity index (χ4v) is 2.31. The van der Waals surface area contributed by atoms with Crippen LogP contribution in [0.2, 0.25) is 0 Å². The van der Waals surface area contributed by atoms with Crippen molar-refractivity contribution in [1.29, 1.82) is 0 Å². The van der Waals surface area contributed by atoms with Crippen molar-refractivity contribution in [2.75, 3.05) is 0 Å². The van der Waals surface area contributed by atoms with Gasteiger partial charge in [0.05, 0.1) is 11.1 Å². The molecular weight excluding hydrogens is 310 g/mol. The average Bonchev–Trinajstić information content (AvgIpc) is 2.85. The predicted octanol–water partition coefficient (Wildman–Crippen LogP) is 2.69. The summed E-state index contributed by atoms with van der Waals surface area (Å²) in [6, 6.07) is 5.80. The summed E-state index contributed by atoms with van der Waals surface area (Å²) in [5.74, 6) is 1.40. The molecule has 102 valence electrons. The number of nitrogens with zero attached hydrogens (tertiary/aromatic N) is 3. The standard InChI is InChI=1S/C13H16BrN3O2/c1-9(2)17-12(15-8-16-17)7-19-13-10(6-18)4-3-5-11(13)14/h3-5,8-9,18H,6-7H2,1-2H3. The summed E-state index contributed by atoms with van der Waals surface area (Å²) >= 11 is 3.42. The summed E-state index contributed by atoms with van der Waals surface area (Å²) < 4.78 is 8.39. The highest BCUT2D eigenvalue weighted by molar-refractivity contribution is 9.10. The maximum atomic E-state index is 9.31. The van der Waals surface area contributed by atoms with Crippen molar-refractivity contribution in [3.05, 3.63) is 40.4 Å². The van der Waals surface area contributed by atoms with E-state index in [9.17, 15) is 5.11 Å². The van der Waals surface area contributed by atoms with Gasteiger partial charge in [-0.3, -0.25) is 0 Å². The molecule has 1 heterocycles. The van der Waals surface area contributed by atoms with Gasteiger partial charge in [0.1, 0.15) is 18.7 Å². The predicted molar refractivity (Wildman–Crippen MR) is 74.8 cm³/mol. The van der Waals surface area contributed by atoms with E-state index in [-0.39, 0.29) is 12.6 Å². The van der Waals surface area contributed by atoms with Crippen LogP contribution in [0.1, 0.15) is 31.3 Å². The van der Waals surface area contributed by atoms with Crippen molar-refractivity contribution < 1.29 is 9.84 Å². The van der Waals surface area contributed by atoms with Gasteiger partial charge in [-0.1, -0.05) is 12.1 Å². The Kier molecular flexibility index (Phi) is 4.55. The van der Waals surface area contributed by atoms with Crippen molar-refractivity contribution in [1.82, 2.24) is 14.8 Å². The zero-order valence-corrected chi connectivity index (χ0v) is 12.5. The monoisotopic (exact) mass is 325 g/mol. The molecule has 5 nitrogen and oxygen atoms in total. The second-order valence-electron chi connectivity index (χ2n) is 4.39. The SMILES string of the molecule is CC(C)n1ncnc1COc1c(Br)cccc1CO. The number of hydrogen-bond acceptors (Lipinski definition) is 4. The Bertz CT molecular complexity index is 555. The lowest BCUT2D eigenvalue weighted by Gasteiger charge is -2.13. The third-order valence-corrected chi connectivity index (χ3v) is 3.33. The lowest BCUT2D eigenvalue weighted by molar-refractivity contribution is 0.250. The highest BCUT2D eigenvalue weighted by Gasteiger charge is 2.11. The summed E-state index contributed by atoms with van der Waals surface area (Å²) in [4.78, 5) is 4.19. The zero-order chi connectivity index (χ0) is 13.8. The molecule has 0 fully saturated rings. The molecule has 0 aliphatic heterocycles. The quantitative estimate of drug-likeness (QED) is 0.918. The van der Waals surface area contributed by atoms with Gasteiger partial charge in [0.15, 0.2) is 5.82 Å². The minimum atomic E-state index is -0.0638. The topological polar surface area (TPSA) is 60.2 Å². The van der Waals surface area contributed by atoms with Crippen LogP contribution in [0.15, 0.2) is 29.0 Å². The Morgan fingerprint density at radius 1 is 1.42 bits per heavy atom. The molecule has 0 amide bonds. The summed E-state index contributed by atoms with van der Waals surface area (Å²) in [7, 11) is 0. The van der Waals surface area contributed by atoms with Crippen molar-refractivity contribution >= 4 is 15.9 Å². The normalized spacial score (nSPS) is 11.0. The minimum Gasteiger partial charge on any atom is -0.484 e. The van der Waals surface area contributed by atoms with Gasteiger partial charge in [-0.2, -0.15) is 5.10 Å². The van der Waals surface area contributed by atoms with Crippen LogP contribution in [0, 0.1) is 0 Å². The molecule has 0 radical (unpaired) electrons. The molecule has 0 saturated carbocycles. The molecule has 0 atom stereocenters. The van der Waals surface area contributed by atoms with E-state index in [1.807, 2.05) is 36.7 Å². The van der Waals surface area contributed by atoms with Gasteiger partial charge in [-0.15, -0.1) is 0 Å². The van der Waals surface area contributed by atoms with Crippen LogP contribution in [0.25, 0.3) is 0 Å². The second-order valence-corrected chi connectivity index (χ2v) is 5.24. The first-order chi connectivity index (χ1) is 9.13. The van der Waals surface area contributed by atoms with E-state index in [2.05, 4.69) is 26.0 Å². The van der Waals surface area contributed by atoms with Gasteiger partial charge in [0.2, 0.25) is 0 Å². The fourth-order valence-electron chi connectivity index (χ4n) is 1.79. The number of aromatic nitrogens is 3. The lowest BCUT2D eigenvalue weighted by Crippen LogP contribution is -2.11. The van der Waals surface area contributed by atoms with Crippen molar-refractivity contribution in [2.24, 2.45) is 0 Å². The van der Waals surface area contributed by atoms with E-state index in [1.165, 1.54) is 6.33 Å². The van der Waals surface area contributed by atoms with Crippen LogP contribution in [-0.2, 0) is 13.2 Å². The summed E-state index contributed by atoms with van der Waals surface area (Å²) in [5, 5.41) is 13.5. The smallest absolute Gasteiger partial charge is 0.165 e. The van der Waals surface area contributed by atoms with Crippen LogP contribution >= 0.6 is 15.9 Å². The molecule has 1 aromatic carbocycles. The first-order valence-electron chi connectivity index (χ1n) is 6.03. The van der Waals surface area contributed by atoms with Gasteiger partial charge in [-0.25, -0.2) is 9.67 Å². The van der Waals surface area contributed by atoms with E-state index < -0.39 is 0 Å². The number of aliphatic hydroxyl groups excluding tert-OH is 1. The summed E-state index contributed by atoms with van der Waals surface area (Å²) in [5.41, 5.74) is 0.741. The largest absolute Gasteiger partial charge is 0.484 e.